The molecule has 0 unspecified atom stereocenters. The first-order valence-electron chi connectivity index (χ1n) is 5.78. The van der Waals surface area contributed by atoms with E-state index in [1.165, 1.54) is 5.56 Å². The zero-order valence-corrected chi connectivity index (χ0v) is 9.71. The fraction of sp³-hybridized carbons (Fsp3) is 0.214. The van der Waals surface area contributed by atoms with E-state index in [0.29, 0.717) is 0 Å². The molecule has 3 nitrogen and oxygen atoms in total. The van der Waals surface area contributed by atoms with Gasteiger partial charge in [-0.25, -0.2) is 0 Å². The standard InChI is InChI=1S/C14H17N3/c15-13(9-12-5-2-1-3-6-12)10-17-14-7-4-8-16-11-14/h1-8,11,13,17H,9-10,15H2/t13-/m0/s1. The lowest BCUT2D eigenvalue weighted by molar-refractivity contribution is 0.699. The molecule has 0 radical (unpaired) electrons. The highest BCUT2D eigenvalue weighted by molar-refractivity contribution is 5.39. The summed E-state index contributed by atoms with van der Waals surface area (Å²) in [6.07, 6.45) is 4.44. The van der Waals surface area contributed by atoms with Gasteiger partial charge in [-0.05, 0) is 24.1 Å². The normalized spacial score (nSPS) is 12.1. The molecule has 0 bridgehead atoms. The van der Waals surface area contributed by atoms with Crippen LogP contribution in [0.15, 0.2) is 54.9 Å². The lowest BCUT2D eigenvalue weighted by Gasteiger charge is -2.13. The van der Waals surface area contributed by atoms with Gasteiger partial charge in [-0.3, -0.25) is 4.98 Å². The number of hydrogen-bond donors (Lipinski definition) is 2. The van der Waals surface area contributed by atoms with E-state index in [2.05, 4.69) is 22.4 Å². The maximum atomic E-state index is 6.07. The van der Waals surface area contributed by atoms with Crippen LogP contribution in [0.25, 0.3) is 0 Å². The molecule has 3 heteroatoms. The Balaban J connectivity index is 1.80. The summed E-state index contributed by atoms with van der Waals surface area (Å²) in [4.78, 5) is 4.04. The summed E-state index contributed by atoms with van der Waals surface area (Å²) in [6.45, 7) is 0.751. The zero-order chi connectivity index (χ0) is 11.9. The Morgan fingerprint density at radius 3 is 2.65 bits per heavy atom. The van der Waals surface area contributed by atoms with Crippen molar-refractivity contribution in [1.29, 1.82) is 0 Å². The minimum atomic E-state index is 0.109. The van der Waals surface area contributed by atoms with E-state index >= 15 is 0 Å². The van der Waals surface area contributed by atoms with Crippen LogP contribution in [0.5, 0.6) is 0 Å². The topological polar surface area (TPSA) is 50.9 Å². The summed E-state index contributed by atoms with van der Waals surface area (Å²) in [6, 6.07) is 14.3. The van der Waals surface area contributed by atoms with Crippen molar-refractivity contribution >= 4 is 5.69 Å². The van der Waals surface area contributed by atoms with E-state index in [1.807, 2.05) is 30.3 Å². The molecule has 0 spiro atoms. The Hall–Kier alpha value is -1.87. The van der Waals surface area contributed by atoms with E-state index < -0.39 is 0 Å². The molecular weight excluding hydrogens is 210 g/mol. The number of rotatable bonds is 5. The zero-order valence-electron chi connectivity index (χ0n) is 9.71. The van der Waals surface area contributed by atoms with Gasteiger partial charge in [0.1, 0.15) is 0 Å². The minimum Gasteiger partial charge on any atom is -0.382 e. The Morgan fingerprint density at radius 1 is 1.12 bits per heavy atom. The first kappa shape index (κ1) is 11.6. The molecular formula is C14H17N3. The van der Waals surface area contributed by atoms with Crippen LogP contribution in [0.1, 0.15) is 5.56 Å². The number of hydrogen-bond acceptors (Lipinski definition) is 3. The lowest BCUT2D eigenvalue weighted by Crippen LogP contribution is -2.31. The van der Waals surface area contributed by atoms with Gasteiger partial charge in [-0.15, -0.1) is 0 Å². The molecule has 88 valence electrons. The molecule has 0 aliphatic carbocycles. The molecule has 17 heavy (non-hydrogen) atoms. The molecule has 0 aliphatic rings. The van der Waals surface area contributed by atoms with Crippen LogP contribution in [0.4, 0.5) is 5.69 Å². The van der Waals surface area contributed by atoms with Gasteiger partial charge < -0.3 is 11.1 Å². The molecule has 1 aromatic carbocycles. The monoisotopic (exact) mass is 227 g/mol. The predicted molar refractivity (Wildman–Crippen MR) is 70.8 cm³/mol. The lowest BCUT2D eigenvalue weighted by atomic mass is 10.1. The van der Waals surface area contributed by atoms with E-state index in [9.17, 15) is 0 Å². The summed E-state index contributed by atoms with van der Waals surface area (Å²) < 4.78 is 0. The van der Waals surface area contributed by atoms with Gasteiger partial charge >= 0.3 is 0 Å². The van der Waals surface area contributed by atoms with Crippen LogP contribution in [-0.4, -0.2) is 17.6 Å². The van der Waals surface area contributed by atoms with Gasteiger partial charge in [0.2, 0.25) is 0 Å². The van der Waals surface area contributed by atoms with E-state index in [1.54, 1.807) is 12.4 Å². The summed E-state index contributed by atoms with van der Waals surface area (Å²) in [5.74, 6) is 0. The first-order valence-corrected chi connectivity index (χ1v) is 5.78. The number of nitrogens with two attached hydrogens (primary N) is 1. The van der Waals surface area contributed by atoms with E-state index in [-0.39, 0.29) is 6.04 Å². The van der Waals surface area contributed by atoms with Gasteiger partial charge in [-0.2, -0.15) is 0 Å². The molecule has 0 saturated carbocycles. The van der Waals surface area contributed by atoms with Crippen molar-refractivity contribution in [3.05, 3.63) is 60.4 Å². The quantitative estimate of drug-likeness (QED) is 0.822. The molecule has 1 atom stereocenters. The van der Waals surface area contributed by atoms with Crippen LogP contribution >= 0.6 is 0 Å². The number of benzene rings is 1. The molecule has 3 N–H and O–H groups in total. The van der Waals surface area contributed by atoms with Gasteiger partial charge in [0.05, 0.1) is 5.69 Å². The van der Waals surface area contributed by atoms with Gasteiger partial charge in [-0.1, -0.05) is 30.3 Å². The average molecular weight is 227 g/mol. The number of nitrogens with one attached hydrogen (secondary N) is 1. The average Bonchev–Trinajstić information content (AvgIpc) is 2.39. The summed E-state index contributed by atoms with van der Waals surface area (Å²) in [5.41, 5.74) is 8.35. The fourth-order valence-corrected chi connectivity index (χ4v) is 1.71. The fourth-order valence-electron chi connectivity index (χ4n) is 1.71. The summed E-state index contributed by atoms with van der Waals surface area (Å²) in [5, 5.41) is 3.28. The minimum absolute atomic E-state index is 0.109. The van der Waals surface area contributed by atoms with Crippen LogP contribution in [0.2, 0.25) is 0 Å². The van der Waals surface area contributed by atoms with Crippen molar-refractivity contribution in [1.82, 2.24) is 4.98 Å². The largest absolute Gasteiger partial charge is 0.382 e. The summed E-state index contributed by atoms with van der Waals surface area (Å²) in [7, 11) is 0. The number of nitrogens with zero attached hydrogens (tertiary/aromatic N) is 1. The van der Waals surface area contributed by atoms with E-state index in [0.717, 1.165) is 18.7 Å². The Morgan fingerprint density at radius 2 is 1.94 bits per heavy atom. The molecule has 0 aliphatic heterocycles. The SMILES string of the molecule is N[C@H](CNc1cccnc1)Cc1ccccc1. The van der Waals surface area contributed by atoms with Crippen molar-refractivity contribution in [3.8, 4) is 0 Å². The third-order valence-electron chi connectivity index (χ3n) is 2.57. The van der Waals surface area contributed by atoms with Crippen LogP contribution in [0, 0.1) is 0 Å². The van der Waals surface area contributed by atoms with Crippen molar-refractivity contribution in [2.45, 2.75) is 12.5 Å². The van der Waals surface area contributed by atoms with E-state index in [4.69, 9.17) is 5.73 Å². The molecule has 2 aromatic rings. The molecule has 0 fully saturated rings. The van der Waals surface area contributed by atoms with Crippen molar-refractivity contribution in [2.75, 3.05) is 11.9 Å². The van der Waals surface area contributed by atoms with Gasteiger partial charge in [0.15, 0.2) is 0 Å². The van der Waals surface area contributed by atoms with Crippen LogP contribution < -0.4 is 11.1 Å². The predicted octanol–water partition coefficient (Wildman–Crippen LogP) is 2.06. The maximum Gasteiger partial charge on any atom is 0.0527 e. The summed E-state index contributed by atoms with van der Waals surface area (Å²) >= 11 is 0. The first-order chi connectivity index (χ1) is 8.34. The molecule has 1 heterocycles. The highest BCUT2D eigenvalue weighted by Gasteiger charge is 2.03. The van der Waals surface area contributed by atoms with Crippen molar-refractivity contribution < 1.29 is 0 Å². The second kappa shape index (κ2) is 6.01. The molecule has 1 aromatic heterocycles. The Labute approximate surface area is 102 Å². The van der Waals surface area contributed by atoms with Gasteiger partial charge in [0, 0.05) is 25.0 Å². The Bertz CT molecular complexity index is 428. The highest BCUT2D eigenvalue weighted by Crippen LogP contribution is 2.05. The highest BCUT2D eigenvalue weighted by atomic mass is 14.9. The second-order valence-corrected chi connectivity index (χ2v) is 4.07. The maximum absolute atomic E-state index is 6.07. The molecule has 0 amide bonds. The Kier molecular flexibility index (Phi) is 4.11. The molecule has 0 saturated heterocycles. The van der Waals surface area contributed by atoms with Crippen molar-refractivity contribution in [2.24, 2.45) is 5.73 Å². The smallest absolute Gasteiger partial charge is 0.0527 e. The number of pyridine rings is 1. The third-order valence-corrected chi connectivity index (χ3v) is 2.57. The van der Waals surface area contributed by atoms with Gasteiger partial charge in [0.25, 0.3) is 0 Å². The number of aromatic nitrogens is 1. The number of anilines is 1. The molecule has 2 rings (SSSR count). The van der Waals surface area contributed by atoms with Crippen LogP contribution in [-0.2, 0) is 6.42 Å². The van der Waals surface area contributed by atoms with Crippen molar-refractivity contribution in [3.63, 3.8) is 0 Å². The third kappa shape index (κ3) is 3.89. The van der Waals surface area contributed by atoms with Crippen LogP contribution in [0.3, 0.4) is 0 Å². The second-order valence-electron chi connectivity index (χ2n) is 4.07.